The number of thiazole rings is 1. The van der Waals surface area contributed by atoms with Gasteiger partial charge < -0.3 is 43.3 Å². The number of fused-ring (bicyclic) bond motifs is 1. The Morgan fingerprint density at radius 1 is 0.621 bits per heavy atom. The van der Waals surface area contributed by atoms with Crippen LogP contribution >= 0.6 is 22.9 Å². The van der Waals surface area contributed by atoms with E-state index in [1.807, 2.05) is 42.3 Å². The van der Waals surface area contributed by atoms with Crippen molar-refractivity contribution in [3.05, 3.63) is 122 Å². The molecule has 472 valence electrons. The van der Waals surface area contributed by atoms with E-state index >= 15 is 0 Å². The number of carbonyl (C=O) groups excluding carboxylic acids is 4. The first kappa shape index (κ1) is 69.1. The SMILES string of the molecule is C=C(CO)CCCN(/N=C/C)c1nc2ccccc2s1.C=CC(=O)OCCCCCCOc1ccc(OC(=O)C2CCC(COOc3ccc(OC(=O)C4CCC(COOc5ccc(OCCCCCCOC(=O)CCCl)cc5)CC4)cc3)CC2)cc1. The molecule has 0 bridgehead atoms. The maximum Gasteiger partial charge on any atom is 0.330 e. The number of aliphatic hydroxyl groups is 1. The highest BCUT2D eigenvalue weighted by molar-refractivity contribution is 7.22. The van der Waals surface area contributed by atoms with Crippen LogP contribution in [0.2, 0.25) is 0 Å². The van der Waals surface area contributed by atoms with Crippen LogP contribution in [0.3, 0.4) is 0 Å². The molecule has 2 aliphatic rings. The fourth-order valence-electron chi connectivity index (χ4n) is 9.62. The van der Waals surface area contributed by atoms with Crippen LogP contribution in [0.1, 0.15) is 129 Å². The van der Waals surface area contributed by atoms with Gasteiger partial charge in [0, 0.05) is 24.7 Å². The number of hydrogen-bond donors (Lipinski definition) is 1. The quantitative estimate of drug-likeness (QED) is 0.00448. The van der Waals surface area contributed by atoms with Crippen LogP contribution in [0.4, 0.5) is 5.13 Å². The number of alkyl halides is 1. The van der Waals surface area contributed by atoms with E-state index in [2.05, 4.69) is 29.3 Å². The summed E-state index contributed by atoms with van der Waals surface area (Å²) in [5, 5.41) is 16.2. The molecule has 2 fully saturated rings. The molecular formula is C67H86ClN3O15S. The summed E-state index contributed by atoms with van der Waals surface area (Å²) in [6, 6.07) is 29.3. The number of benzene rings is 4. The molecule has 4 aromatic carbocycles. The lowest BCUT2D eigenvalue weighted by Gasteiger charge is -2.26. The lowest BCUT2D eigenvalue weighted by atomic mass is 9.82. The first-order valence-corrected chi connectivity index (χ1v) is 31.9. The molecule has 0 unspecified atom stereocenters. The van der Waals surface area contributed by atoms with Gasteiger partial charge in [-0.05, 0) is 219 Å². The van der Waals surface area contributed by atoms with Crippen molar-refractivity contribution in [2.75, 3.05) is 63.7 Å². The zero-order chi connectivity index (χ0) is 61.7. The van der Waals surface area contributed by atoms with Gasteiger partial charge in [0.05, 0.1) is 74.7 Å². The number of hydrazone groups is 1. The summed E-state index contributed by atoms with van der Waals surface area (Å²) in [7, 11) is 0. The number of esters is 4. The van der Waals surface area contributed by atoms with E-state index in [-0.39, 0.29) is 60.5 Å². The molecule has 87 heavy (non-hydrogen) atoms. The fraction of sp³-hybridized carbons (Fsp3) is 0.493. The van der Waals surface area contributed by atoms with Gasteiger partial charge in [0.1, 0.15) is 23.0 Å². The van der Waals surface area contributed by atoms with Gasteiger partial charge in [0.15, 0.2) is 11.5 Å². The van der Waals surface area contributed by atoms with E-state index in [0.717, 1.165) is 118 Å². The molecule has 0 aliphatic heterocycles. The van der Waals surface area contributed by atoms with Crippen LogP contribution in [-0.2, 0) is 38.4 Å². The third-order valence-corrected chi connectivity index (χ3v) is 15.9. The molecule has 18 nitrogen and oxygen atoms in total. The van der Waals surface area contributed by atoms with E-state index in [1.54, 1.807) is 78.2 Å². The Labute approximate surface area is 520 Å². The number of carbonyl (C=O) groups is 4. The van der Waals surface area contributed by atoms with Gasteiger partial charge in [-0.3, -0.25) is 14.4 Å². The third kappa shape index (κ3) is 26.9. The minimum absolute atomic E-state index is 0.0538. The zero-order valence-corrected chi connectivity index (χ0v) is 51.8. The molecule has 0 atom stereocenters. The number of rotatable bonds is 38. The predicted molar refractivity (Wildman–Crippen MR) is 337 cm³/mol. The van der Waals surface area contributed by atoms with Crippen LogP contribution < -0.4 is 33.7 Å². The summed E-state index contributed by atoms with van der Waals surface area (Å²) in [5.41, 5.74) is 1.86. The topological polar surface area (TPSA) is 209 Å². The summed E-state index contributed by atoms with van der Waals surface area (Å²) in [4.78, 5) is 75.0. The Morgan fingerprint density at radius 2 is 1.09 bits per heavy atom. The molecular weight excluding hydrogens is 1150 g/mol. The molecule has 0 spiro atoms. The number of halogens is 1. The number of nitrogens with zero attached hydrogens (tertiary/aromatic N) is 3. The minimum Gasteiger partial charge on any atom is -0.494 e. The summed E-state index contributed by atoms with van der Waals surface area (Å²) in [5.74, 6) is 2.87. The van der Waals surface area contributed by atoms with E-state index < -0.39 is 5.97 Å². The van der Waals surface area contributed by atoms with E-state index in [1.165, 1.54) is 10.8 Å². The second kappa shape index (κ2) is 40.4. The molecule has 2 saturated carbocycles. The van der Waals surface area contributed by atoms with Crippen molar-refractivity contribution < 1.29 is 72.3 Å². The van der Waals surface area contributed by atoms with Crippen LogP contribution in [0.25, 0.3) is 10.2 Å². The number of aromatic nitrogens is 1. The molecule has 7 rings (SSSR count). The van der Waals surface area contributed by atoms with Crippen molar-refractivity contribution in [3.63, 3.8) is 0 Å². The number of anilines is 1. The van der Waals surface area contributed by atoms with Crippen molar-refractivity contribution in [3.8, 4) is 34.5 Å². The van der Waals surface area contributed by atoms with Crippen molar-refractivity contribution in [1.29, 1.82) is 0 Å². The van der Waals surface area contributed by atoms with Crippen molar-refractivity contribution in [2.45, 2.75) is 129 Å². The summed E-state index contributed by atoms with van der Waals surface area (Å²) < 4.78 is 34.2. The first-order chi connectivity index (χ1) is 42.5. The number of hydrogen-bond acceptors (Lipinski definition) is 19. The van der Waals surface area contributed by atoms with Crippen LogP contribution in [0.15, 0.2) is 127 Å². The Balaban J connectivity index is 0.000000508. The highest BCUT2D eigenvalue weighted by atomic mass is 35.5. The summed E-state index contributed by atoms with van der Waals surface area (Å²) in [6.07, 6.45) is 18.3. The van der Waals surface area contributed by atoms with E-state index in [9.17, 15) is 19.2 Å². The van der Waals surface area contributed by atoms with Crippen molar-refractivity contribution in [2.24, 2.45) is 28.8 Å². The maximum absolute atomic E-state index is 13.0. The number of para-hydroxylation sites is 1. The Hall–Kier alpha value is -7.03. The van der Waals surface area contributed by atoms with Gasteiger partial charge in [-0.1, -0.05) is 42.2 Å². The maximum atomic E-state index is 13.0. The largest absolute Gasteiger partial charge is 0.494 e. The second-order valence-electron chi connectivity index (χ2n) is 21.5. The molecule has 2 aliphatic carbocycles. The second-order valence-corrected chi connectivity index (χ2v) is 22.8. The standard InChI is InChI=1S/C52H67ClO14.C15H19N3OS/c1-2-49(54)60-35-9-5-3-7-33-58-43-19-23-45(24-20-43)64-51(56)41-15-11-40(12-16-41)38-63-67-48-29-25-46(26-30-48)65-52(57)42-17-13-39(14-18-42)37-62-66-47-27-21-44(22-28-47)59-34-8-4-6-10-36-61-50(55)31-32-53;1-3-16-18(10-6-7-12(2)11-19)15-17-13-8-4-5-9-14(13)20-15/h2,19-30,39-42H,1,3-18,31-38H2;3-5,8-9,19H,2,6-7,10-11H2,1H3/b;16-3+. The lowest BCUT2D eigenvalue weighted by molar-refractivity contribution is -0.218. The first-order valence-electron chi connectivity index (χ1n) is 30.5. The monoisotopic (exact) mass is 1240 g/mol. The smallest absolute Gasteiger partial charge is 0.330 e. The lowest BCUT2D eigenvalue weighted by Crippen LogP contribution is -2.27. The highest BCUT2D eigenvalue weighted by Gasteiger charge is 2.30. The average Bonchev–Trinajstić information content (AvgIpc) is 2.92. The molecule has 1 aromatic heterocycles. The van der Waals surface area contributed by atoms with E-state index in [4.69, 9.17) is 64.7 Å². The molecule has 0 radical (unpaired) electrons. The number of ether oxygens (including phenoxy) is 6. The van der Waals surface area contributed by atoms with Gasteiger partial charge >= 0.3 is 23.9 Å². The van der Waals surface area contributed by atoms with Gasteiger partial charge in [0.25, 0.3) is 0 Å². The predicted octanol–water partition coefficient (Wildman–Crippen LogP) is 14.3. The van der Waals surface area contributed by atoms with Gasteiger partial charge in [-0.2, -0.15) is 14.9 Å². The van der Waals surface area contributed by atoms with Crippen LogP contribution in [-0.4, -0.2) is 98.9 Å². The minimum atomic E-state index is -0.394. The molecule has 0 saturated heterocycles. The molecule has 1 heterocycles. The Kier molecular flexibility index (Phi) is 32.1. The molecule has 1 N–H and O–H groups in total. The van der Waals surface area contributed by atoms with Crippen molar-refractivity contribution in [1.82, 2.24) is 4.98 Å². The highest BCUT2D eigenvalue weighted by Crippen LogP contribution is 2.34. The van der Waals surface area contributed by atoms with Gasteiger partial charge in [-0.25, -0.2) is 14.8 Å². The van der Waals surface area contributed by atoms with Crippen LogP contribution in [0.5, 0.6) is 34.5 Å². The fourth-order valence-corrected chi connectivity index (χ4v) is 10.7. The molecule has 20 heteroatoms. The summed E-state index contributed by atoms with van der Waals surface area (Å²) >= 11 is 7.17. The number of unbranched alkanes of at least 4 members (excludes halogenated alkanes) is 6. The van der Waals surface area contributed by atoms with Gasteiger partial charge in [0.2, 0.25) is 5.13 Å². The summed E-state index contributed by atoms with van der Waals surface area (Å²) in [6.45, 7) is 12.7. The molecule has 5 aromatic rings. The van der Waals surface area contributed by atoms with Gasteiger partial charge in [-0.15, -0.1) is 11.6 Å². The zero-order valence-electron chi connectivity index (χ0n) is 50.2. The van der Waals surface area contributed by atoms with Crippen molar-refractivity contribution >= 4 is 68.4 Å². The number of aliphatic hydroxyl groups excluding tert-OH is 1. The average molecular weight is 1240 g/mol. The normalized spacial score (nSPS) is 16.4. The third-order valence-electron chi connectivity index (χ3n) is 14.7. The Morgan fingerprint density at radius 3 is 1.56 bits per heavy atom. The van der Waals surface area contributed by atoms with Crippen LogP contribution in [0, 0.1) is 23.7 Å². The molecule has 0 amide bonds. The van der Waals surface area contributed by atoms with E-state index in [0.29, 0.717) is 94.1 Å². The Bertz CT molecular complexity index is 2800.